The predicted molar refractivity (Wildman–Crippen MR) is 329 cm³/mol. The third kappa shape index (κ3) is 60.2. The van der Waals surface area contributed by atoms with Crippen LogP contribution in [0.2, 0.25) is 0 Å². The van der Waals surface area contributed by atoms with E-state index < -0.39 is 6.10 Å². The fourth-order valence-electron chi connectivity index (χ4n) is 7.98. The second-order valence-electron chi connectivity index (χ2n) is 19.8. The SMILES string of the molecule is CC/C=C\C/C=C\C/C=C\C/C=C\C/C=C\CCCCCCCCCC(=O)OCC(COC(=O)CCCCCCC/C=C\C/C=C\CCCC)OC(=O)CCCCCCC/C=C\C/C=C\C/C=C\C/C=C\C/C=C\CC. The molecule has 0 rings (SSSR count). The molecule has 0 spiro atoms. The second-order valence-corrected chi connectivity index (χ2v) is 19.8. The number of hydrogen-bond acceptors (Lipinski definition) is 6. The molecule has 0 amide bonds. The largest absolute Gasteiger partial charge is 0.462 e. The summed E-state index contributed by atoms with van der Waals surface area (Å²) in [6, 6.07) is 0. The zero-order valence-electron chi connectivity index (χ0n) is 49.0. The summed E-state index contributed by atoms with van der Waals surface area (Å²) in [5.41, 5.74) is 0. The summed E-state index contributed by atoms with van der Waals surface area (Å²) >= 11 is 0. The molecule has 0 saturated carbocycles. The second kappa shape index (κ2) is 62.8. The van der Waals surface area contributed by atoms with Crippen molar-refractivity contribution in [3.8, 4) is 0 Å². The maximum atomic E-state index is 12.9. The molecule has 0 radical (unpaired) electrons. The van der Waals surface area contributed by atoms with E-state index in [4.69, 9.17) is 14.2 Å². The van der Waals surface area contributed by atoms with Crippen LogP contribution in [0.4, 0.5) is 0 Å². The van der Waals surface area contributed by atoms with E-state index in [0.717, 1.165) is 173 Å². The molecule has 76 heavy (non-hydrogen) atoms. The molecular weight excluding hydrogens is 937 g/mol. The average molecular weight is 1050 g/mol. The lowest BCUT2D eigenvalue weighted by molar-refractivity contribution is -0.167. The van der Waals surface area contributed by atoms with Gasteiger partial charge in [-0.25, -0.2) is 0 Å². The van der Waals surface area contributed by atoms with Crippen LogP contribution in [0.5, 0.6) is 0 Å². The van der Waals surface area contributed by atoms with Gasteiger partial charge in [0.1, 0.15) is 13.2 Å². The summed E-state index contributed by atoms with van der Waals surface area (Å²) in [6.45, 7) is 6.33. The zero-order valence-corrected chi connectivity index (χ0v) is 49.0. The predicted octanol–water partition coefficient (Wildman–Crippen LogP) is 21.2. The maximum absolute atomic E-state index is 12.9. The number of esters is 3. The van der Waals surface area contributed by atoms with Gasteiger partial charge < -0.3 is 14.2 Å². The third-order valence-corrected chi connectivity index (χ3v) is 12.6. The molecule has 1 atom stereocenters. The average Bonchev–Trinajstić information content (AvgIpc) is 3.42. The molecule has 0 heterocycles. The van der Waals surface area contributed by atoms with Crippen molar-refractivity contribution >= 4 is 17.9 Å². The Morgan fingerprint density at radius 2 is 0.513 bits per heavy atom. The first-order valence-corrected chi connectivity index (χ1v) is 30.8. The van der Waals surface area contributed by atoms with Crippen LogP contribution in [0.1, 0.15) is 258 Å². The van der Waals surface area contributed by atoms with Crippen molar-refractivity contribution in [2.75, 3.05) is 13.2 Å². The van der Waals surface area contributed by atoms with Gasteiger partial charge in [-0.15, -0.1) is 0 Å². The van der Waals surface area contributed by atoms with E-state index in [2.05, 4.69) is 167 Å². The van der Waals surface area contributed by atoms with Gasteiger partial charge in [-0.3, -0.25) is 14.4 Å². The van der Waals surface area contributed by atoms with Crippen LogP contribution in [-0.4, -0.2) is 37.2 Å². The Morgan fingerprint density at radius 3 is 0.803 bits per heavy atom. The Bertz CT molecular complexity index is 1680. The van der Waals surface area contributed by atoms with Gasteiger partial charge in [0.2, 0.25) is 0 Å². The molecule has 428 valence electrons. The summed E-state index contributed by atoms with van der Waals surface area (Å²) in [7, 11) is 0. The highest BCUT2D eigenvalue weighted by Crippen LogP contribution is 2.14. The molecule has 0 aliphatic rings. The molecule has 0 fully saturated rings. The molecule has 0 aliphatic carbocycles. The van der Waals surface area contributed by atoms with Gasteiger partial charge in [0.15, 0.2) is 6.10 Å². The highest BCUT2D eigenvalue weighted by atomic mass is 16.6. The highest BCUT2D eigenvalue weighted by Gasteiger charge is 2.19. The van der Waals surface area contributed by atoms with Crippen LogP contribution in [0.3, 0.4) is 0 Å². The van der Waals surface area contributed by atoms with Crippen LogP contribution in [0, 0.1) is 0 Å². The summed E-state index contributed by atoms with van der Waals surface area (Å²) in [5.74, 6) is -0.947. The molecule has 0 N–H and O–H groups in total. The lowest BCUT2D eigenvalue weighted by Gasteiger charge is -2.18. The third-order valence-electron chi connectivity index (χ3n) is 12.6. The molecular formula is C70H112O6. The van der Waals surface area contributed by atoms with E-state index in [1.54, 1.807) is 0 Å². The van der Waals surface area contributed by atoms with Gasteiger partial charge in [-0.05, 0) is 135 Å². The van der Waals surface area contributed by atoms with Gasteiger partial charge in [-0.1, -0.05) is 250 Å². The number of rotatable bonds is 54. The molecule has 0 aromatic carbocycles. The topological polar surface area (TPSA) is 78.9 Å². The maximum Gasteiger partial charge on any atom is 0.306 e. The van der Waals surface area contributed by atoms with Crippen molar-refractivity contribution in [3.05, 3.63) is 146 Å². The fraction of sp³-hybridized carbons (Fsp3) is 0.614. The standard InChI is InChI=1S/C70H112O6/c1-4-7-10-13-16-19-22-25-28-30-32-34-35-37-38-40-42-45-48-51-54-57-60-63-69(72)75-66-67(65-74-68(71)62-59-56-53-50-47-44-27-24-21-18-15-12-9-6-3)76-70(73)64-61-58-55-52-49-46-43-41-39-36-33-31-29-26-23-20-17-14-11-8-5-2/h7-8,10-11,15-20,24-29,32-34,36-38,41,43,67H,4-6,9,12-14,21-23,30-31,35,39-40,42,44-66H2,1-3H3/b10-7-,11-8-,18-15-,19-16-,20-17-,27-24-,28-25-,29-26-,34-32-,36-33-,38-37-,43-41-. The van der Waals surface area contributed by atoms with Crippen LogP contribution in [0.15, 0.2) is 146 Å². The summed E-state index contributed by atoms with van der Waals surface area (Å²) in [4.78, 5) is 38.3. The van der Waals surface area contributed by atoms with Gasteiger partial charge in [0, 0.05) is 19.3 Å². The number of allylic oxidation sites excluding steroid dienone is 24. The van der Waals surface area contributed by atoms with Crippen LogP contribution in [-0.2, 0) is 28.6 Å². The lowest BCUT2D eigenvalue weighted by Crippen LogP contribution is -2.30. The Hall–Kier alpha value is -4.71. The number of carbonyl (C=O) groups excluding carboxylic acids is 3. The number of ether oxygens (including phenoxy) is 3. The molecule has 0 saturated heterocycles. The van der Waals surface area contributed by atoms with E-state index in [1.807, 2.05) is 0 Å². The van der Waals surface area contributed by atoms with E-state index >= 15 is 0 Å². The minimum atomic E-state index is -0.807. The number of hydrogen-bond donors (Lipinski definition) is 0. The summed E-state index contributed by atoms with van der Waals surface area (Å²) in [6.07, 6.45) is 89.8. The van der Waals surface area contributed by atoms with Crippen LogP contribution in [0.25, 0.3) is 0 Å². The minimum Gasteiger partial charge on any atom is -0.462 e. The first-order chi connectivity index (χ1) is 37.5. The Morgan fingerprint density at radius 1 is 0.276 bits per heavy atom. The van der Waals surface area contributed by atoms with Crippen molar-refractivity contribution in [1.82, 2.24) is 0 Å². The smallest absolute Gasteiger partial charge is 0.306 e. The lowest BCUT2D eigenvalue weighted by atomic mass is 10.1. The summed E-state index contributed by atoms with van der Waals surface area (Å²) in [5, 5.41) is 0. The Labute approximate surface area is 467 Å². The van der Waals surface area contributed by atoms with Crippen molar-refractivity contribution in [1.29, 1.82) is 0 Å². The van der Waals surface area contributed by atoms with Crippen LogP contribution >= 0.6 is 0 Å². The van der Waals surface area contributed by atoms with Gasteiger partial charge in [0.25, 0.3) is 0 Å². The van der Waals surface area contributed by atoms with Gasteiger partial charge >= 0.3 is 17.9 Å². The molecule has 0 aromatic rings. The molecule has 0 bridgehead atoms. The van der Waals surface area contributed by atoms with Crippen molar-refractivity contribution in [2.24, 2.45) is 0 Å². The van der Waals surface area contributed by atoms with Crippen molar-refractivity contribution in [2.45, 2.75) is 264 Å². The molecule has 0 aromatic heterocycles. The Balaban J connectivity index is 4.47. The number of carbonyl (C=O) groups is 3. The van der Waals surface area contributed by atoms with E-state index in [1.165, 1.54) is 44.9 Å². The first-order valence-electron chi connectivity index (χ1n) is 30.8. The summed E-state index contributed by atoms with van der Waals surface area (Å²) < 4.78 is 16.9. The van der Waals surface area contributed by atoms with Gasteiger partial charge in [0.05, 0.1) is 0 Å². The zero-order chi connectivity index (χ0) is 55.0. The molecule has 1 unspecified atom stereocenters. The Kier molecular flexibility index (Phi) is 58.9. The van der Waals surface area contributed by atoms with Crippen molar-refractivity contribution < 1.29 is 28.6 Å². The molecule has 0 aliphatic heterocycles. The van der Waals surface area contributed by atoms with Crippen molar-refractivity contribution in [3.63, 3.8) is 0 Å². The minimum absolute atomic E-state index is 0.102. The fourth-order valence-corrected chi connectivity index (χ4v) is 7.98. The molecule has 6 heteroatoms. The first kappa shape index (κ1) is 71.3. The highest BCUT2D eigenvalue weighted by molar-refractivity contribution is 5.71. The van der Waals surface area contributed by atoms with Gasteiger partial charge in [-0.2, -0.15) is 0 Å². The van der Waals surface area contributed by atoms with E-state index in [9.17, 15) is 14.4 Å². The van der Waals surface area contributed by atoms with E-state index in [-0.39, 0.29) is 31.1 Å². The normalized spacial score (nSPS) is 13.1. The monoisotopic (exact) mass is 1050 g/mol. The van der Waals surface area contributed by atoms with Crippen LogP contribution < -0.4 is 0 Å². The molecule has 6 nitrogen and oxygen atoms in total. The quantitative estimate of drug-likeness (QED) is 0.0261. The number of unbranched alkanes of at least 4 members (excludes halogenated alkanes) is 19. The van der Waals surface area contributed by atoms with E-state index in [0.29, 0.717) is 19.3 Å².